The van der Waals surface area contributed by atoms with Crippen LogP contribution in [0.5, 0.6) is 0 Å². The molecule has 0 saturated heterocycles. The van der Waals surface area contributed by atoms with Crippen molar-refractivity contribution in [1.29, 1.82) is 0 Å². The van der Waals surface area contributed by atoms with Crippen molar-refractivity contribution < 1.29 is 45.1 Å². The summed E-state index contributed by atoms with van der Waals surface area (Å²) in [5.41, 5.74) is -3.13. The Morgan fingerprint density at radius 1 is 1.09 bits per heavy atom. The van der Waals surface area contributed by atoms with E-state index in [1.807, 2.05) is 6.92 Å². The number of hydrogen-bond acceptors (Lipinski definition) is 8. The van der Waals surface area contributed by atoms with E-state index in [0.29, 0.717) is 6.42 Å². The van der Waals surface area contributed by atoms with Gasteiger partial charge < -0.3 is 25.5 Å². The predicted molar refractivity (Wildman–Crippen MR) is 73.4 cm³/mol. The Morgan fingerprint density at radius 3 is 2.00 bits per heavy atom. The summed E-state index contributed by atoms with van der Waals surface area (Å²) >= 11 is 0. The highest BCUT2D eigenvalue weighted by Crippen LogP contribution is 2.27. The third kappa shape index (κ3) is 5.13. The van der Waals surface area contributed by atoms with Crippen LogP contribution in [0.4, 0.5) is 0 Å². The summed E-state index contributed by atoms with van der Waals surface area (Å²) in [6, 6.07) is 0. The van der Waals surface area contributed by atoms with E-state index >= 15 is 0 Å². The number of aliphatic hydroxyl groups excluding tert-OH is 4. The first-order valence-corrected chi connectivity index (χ1v) is 7.00. The molecule has 4 atom stereocenters. The molecule has 0 heterocycles. The van der Waals surface area contributed by atoms with Crippen LogP contribution >= 0.6 is 0 Å². The maximum Gasteiger partial charge on any atom is 0.342 e. The topological polar surface area (TPSA) is 146 Å². The van der Waals surface area contributed by atoms with Gasteiger partial charge in [-0.15, -0.1) is 0 Å². The number of hydrogen-bond donors (Lipinski definition) is 5. The van der Waals surface area contributed by atoms with Gasteiger partial charge in [-0.05, 0) is 26.7 Å². The van der Waals surface area contributed by atoms with Gasteiger partial charge in [-0.25, -0.2) is 9.68 Å². The van der Waals surface area contributed by atoms with Crippen LogP contribution in [0, 0.1) is 0 Å². The van der Waals surface area contributed by atoms with Crippen LogP contribution in [0.2, 0.25) is 0 Å². The van der Waals surface area contributed by atoms with Crippen LogP contribution in [-0.2, 0) is 19.6 Å². The van der Waals surface area contributed by atoms with E-state index in [1.54, 1.807) is 13.8 Å². The Kier molecular flexibility index (Phi) is 8.40. The second-order valence-corrected chi connectivity index (χ2v) is 5.58. The molecule has 0 amide bonds. The molecule has 0 aromatic carbocycles. The van der Waals surface area contributed by atoms with Gasteiger partial charge in [-0.2, -0.15) is 4.89 Å². The van der Waals surface area contributed by atoms with Gasteiger partial charge in [0.2, 0.25) is 5.60 Å². The maximum atomic E-state index is 11.5. The fourth-order valence-corrected chi connectivity index (χ4v) is 1.45. The number of rotatable bonds is 11. The SMILES string of the molecule is CCC(C)(C)OOOC(CC)(C(=O)O)C(O)C(O)C(O)CO. The molecule has 9 heteroatoms. The minimum absolute atomic E-state index is 0.297. The van der Waals surface area contributed by atoms with E-state index in [0.717, 1.165) is 0 Å². The second kappa shape index (κ2) is 8.73. The average Bonchev–Trinajstić information content (AvgIpc) is 2.49. The lowest BCUT2D eigenvalue weighted by Crippen LogP contribution is -2.59. The first-order valence-electron chi connectivity index (χ1n) is 7.00. The lowest BCUT2D eigenvalue weighted by molar-refractivity contribution is -0.568. The molecule has 0 saturated carbocycles. The highest BCUT2D eigenvalue weighted by atomic mass is 17.5. The molecule has 0 aromatic heterocycles. The Bertz CT molecular complexity index is 346. The van der Waals surface area contributed by atoms with Crippen molar-refractivity contribution >= 4 is 5.97 Å². The van der Waals surface area contributed by atoms with E-state index in [1.165, 1.54) is 6.92 Å². The van der Waals surface area contributed by atoms with E-state index in [9.17, 15) is 25.2 Å². The zero-order valence-corrected chi connectivity index (χ0v) is 13.2. The number of carboxylic acid groups (broad SMARTS) is 1. The van der Waals surface area contributed by atoms with Gasteiger partial charge in [0.15, 0.2) is 0 Å². The first kappa shape index (κ1) is 21.2. The van der Waals surface area contributed by atoms with Crippen molar-refractivity contribution in [2.45, 2.75) is 70.1 Å². The third-order valence-electron chi connectivity index (χ3n) is 3.56. The Labute approximate surface area is 128 Å². The molecule has 132 valence electrons. The van der Waals surface area contributed by atoms with Crippen molar-refractivity contribution in [2.24, 2.45) is 0 Å². The maximum absolute atomic E-state index is 11.5. The average molecular weight is 326 g/mol. The van der Waals surface area contributed by atoms with Crippen LogP contribution in [0.3, 0.4) is 0 Å². The standard InChI is InChI=1S/C13H26O9/c1-5-12(3,4)20-22-21-13(6-2,11(18)19)10(17)9(16)8(15)7-14/h8-10,14-17H,5-7H2,1-4H3,(H,18,19). The molecule has 9 nitrogen and oxygen atoms in total. The summed E-state index contributed by atoms with van der Waals surface area (Å²) in [6.07, 6.45) is -5.52. The molecule has 0 aliphatic rings. The van der Waals surface area contributed by atoms with E-state index < -0.39 is 42.1 Å². The van der Waals surface area contributed by atoms with Crippen LogP contribution in [0.1, 0.15) is 40.5 Å². The minimum Gasteiger partial charge on any atom is -0.479 e. The highest BCUT2D eigenvalue weighted by Gasteiger charge is 2.52. The first-order chi connectivity index (χ1) is 10.1. The van der Waals surface area contributed by atoms with Crippen LogP contribution in [0.15, 0.2) is 0 Å². The van der Waals surface area contributed by atoms with Gasteiger partial charge in [0, 0.05) is 0 Å². The number of aliphatic carboxylic acids is 1. The zero-order valence-electron chi connectivity index (χ0n) is 13.2. The summed E-state index contributed by atoms with van der Waals surface area (Å²) in [7, 11) is 0. The number of carboxylic acids is 1. The molecule has 0 radical (unpaired) electrons. The quantitative estimate of drug-likeness (QED) is 0.247. The Morgan fingerprint density at radius 2 is 1.64 bits per heavy atom. The fourth-order valence-electron chi connectivity index (χ4n) is 1.45. The van der Waals surface area contributed by atoms with E-state index in [-0.39, 0.29) is 6.42 Å². The van der Waals surface area contributed by atoms with Crippen LogP contribution in [0.25, 0.3) is 0 Å². The molecule has 0 spiro atoms. The largest absolute Gasteiger partial charge is 0.479 e. The molecule has 0 aliphatic heterocycles. The van der Waals surface area contributed by atoms with Gasteiger partial charge >= 0.3 is 5.97 Å². The Hall–Kier alpha value is -0.810. The summed E-state index contributed by atoms with van der Waals surface area (Å²) in [6.45, 7) is 5.67. The minimum atomic E-state index is -2.38. The molecule has 5 N–H and O–H groups in total. The van der Waals surface area contributed by atoms with Crippen LogP contribution in [-0.4, -0.2) is 67.6 Å². The van der Waals surface area contributed by atoms with Crippen molar-refractivity contribution in [3.8, 4) is 0 Å². The number of carbonyl (C=O) groups is 1. The molecule has 22 heavy (non-hydrogen) atoms. The van der Waals surface area contributed by atoms with Crippen molar-refractivity contribution in [3.05, 3.63) is 0 Å². The molecular formula is C13H26O9. The highest BCUT2D eigenvalue weighted by molar-refractivity contribution is 5.78. The lowest BCUT2D eigenvalue weighted by atomic mass is 9.88. The monoisotopic (exact) mass is 326 g/mol. The van der Waals surface area contributed by atoms with E-state index in [2.05, 4.69) is 5.04 Å². The van der Waals surface area contributed by atoms with Gasteiger partial charge in [0.1, 0.15) is 23.9 Å². The number of aliphatic hydroxyl groups is 4. The van der Waals surface area contributed by atoms with Crippen molar-refractivity contribution in [1.82, 2.24) is 0 Å². The van der Waals surface area contributed by atoms with Gasteiger partial charge in [-0.1, -0.05) is 18.9 Å². The van der Waals surface area contributed by atoms with Gasteiger partial charge in [0.05, 0.1) is 6.61 Å². The smallest absolute Gasteiger partial charge is 0.342 e. The third-order valence-corrected chi connectivity index (χ3v) is 3.56. The van der Waals surface area contributed by atoms with E-state index in [4.69, 9.17) is 14.9 Å². The predicted octanol–water partition coefficient (Wildman–Crippen LogP) is -0.637. The normalized spacial score (nSPS) is 19.3. The summed E-state index contributed by atoms with van der Waals surface area (Å²) in [5.74, 6) is -1.62. The molecular weight excluding hydrogens is 300 g/mol. The van der Waals surface area contributed by atoms with Crippen molar-refractivity contribution in [3.63, 3.8) is 0 Å². The fraction of sp³-hybridized carbons (Fsp3) is 0.923. The van der Waals surface area contributed by atoms with Crippen LogP contribution < -0.4 is 0 Å². The molecule has 0 aromatic rings. The van der Waals surface area contributed by atoms with Gasteiger partial charge in [-0.3, -0.25) is 0 Å². The summed E-state index contributed by atoms with van der Waals surface area (Å²) in [5, 5.41) is 51.7. The van der Waals surface area contributed by atoms with Gasteiger partial charge in [0.25, 0.3) is 0 Å². The molecule has 0 aliphatic carbocycles. The molecule has 0 bridgehead atoms. The molecule has 4 unspecified atom stereocenters. The summed E-state index contributed by atoms with van der Waals surface area (Å²) in [4.78, 5) is 21.1. The zero-order chi connectivity index (χ0) is 17.6. The lowest BCUT2D eigenvalue weighted by Gasteiger charge is -2.35. The molecule has 0 fully saturated rings. The summed E-state index contributed by atoms with van der Waals surface area (Å²) < 4.78 is 0. The molecule has 0 rings (SSSR count). The second-order valence-electron chi connectivity index (χ2n) is 5.58. The Balaban J connectivity index is 5.12. The van der Waals surface area contributed by atoms with Crippen molar-refractivity contribution in [2.75, 3.05) is 6.61 Å².